The van der Waals surface area contributed by atoms with Gasteiger partial charge in [-0.25, -0.2) is 9.18 Å². The first-order valence-electron chi connectivity index (χ1n) is 8.44. The molecule has 0 bridgehead atoms. The molecule has 1 N–H and O–H groups in total. The molecule has 1 aliphatic rings. The maximum absolute atomic E-state index is 13.6. The smallest absolute Gasteiger partial charge is 0.416 e. The number of nitrogens with zero attached hydrogens (tertiary/aromatic N) is 1. The lowest BCUT2D eigenvalue weighted by molar-refractivity contribution is -0.138. The van der Waals surface area contributed by atoms with Gasteiger partial charge in [-0.1, -0.05) is 18.2 Å². The molecule has 0 saturated carbocycles. The predicted molar refractivity (Wildman–Crippen MR) is 95.4 cm³/mol. The number of carboxylic acid groups (broad SMARTS) is 1. The minimum atomic E-state index is -4.61. The van der Waals surface area contributed by atoms with E-state index in [-0.39, 0.29) is 29.3 Å². The van der Waals surface area contributed by atoms with Crippen molar-refractivity contribution in [3.63, 3.8) is 0 Å². The van der Waals surface area contributed by atoms with Crippen molar-refractivity contribution in [2.45, 2.75) is 18.8 Å². The maximum atomic E-state index is 13.6. The molecule has 0 fully saturated rings. The van der Waals surface area contributed by atoms with Crippen molar-refractivity contribution >= 4 is 11.7 Å². The highest BCUT2D eigenvalue weighted by Crippen LogP contribution is 2.45. The fraction of sp³-hybridized carbons (Fsp3) is 0.250. The fourth-order valence-electron chi connectivity index (χ4n) is 3.34. The van der Waals surface area contributed by atoms with Gasteiger partial charge in [0.05, 0.1) is 24.9 Å². The van der Waals surface area contributed by atoms with E-state index in [1.54, 1.807) is 6.07 Å². The van der Waals surface area contributed by atoms with Crippen LogP contribution in [-0.4, -0.2) is 25.3 Å². The van der Waals surface area contributed by atoms with E-state index in [4.69, 9.17) is 9.47 Å². The average Bonchev–Trinajstić information content (AvgIpc) is 2.66. The largest absolute Gasteiger partial charge is 0.482 e. The molecule has 9 heteroatoms. The summed E-state index contributed by atoms with van der Waals surface area (Å²) in [5, 5.41) is 9.69. The van der Waals surface area contributed by atoms with Crippen LogP contribution in [0.3, 0.4) is 0 Å². The summed E-state index contributed by atoms with van der Waals surface area (Å²) < 4.78 is 64.0. The van der Waals surface area contributed by atoms with Crippen LogP contribution >= 0.6 is 0 Å². The fourth-order valence-corrected chi connectivity index (χ4v) is 3.34. The Labute approximate surface area is 163 Å². The summed E-state index contributed by atoms with van der Waals surface area (Å²) in [7, 11) is 2.47. The topological polar surface area (TPSA) is 59.0 Å². The lowest BCUT2D eigenvalue weighted by atomic mass is 9.93. The molecule has 0 spiro atoms. The summed E-state index contributed by atoms with van der Waals surface area (Å²) in [5.41, 5.74) is -0.459. The molecule has 2 aromatic rings. The van der Waals surface area contributed by atoms with Crippen LogP contribution in [-0.2, 0) is 27.0 Å². The van der Waals surface area contributed by atoms with Crippen molar-refractivity contribution in [1.82, 2.24) is 0 Å². The van der Waals surface area contributed by atoms with E-state index < -0.39 is 29.6 Å². The summed E-state index contributed by atoms with van der Waals surface area (Å²) in [6.45, 7) is -0.109. The Morgan fingerprint density at radius 3 is 2.45 bits per heavy atom. The van der Waals surface area contributed by atoms with Gasteiger partial charge in [0.1, 0.15) is 17.5 Å². The minimum absolute atomic E-state index is 0.0674. The molecule has 3 rings (SSSR count). The van der Waals surface area contributed by atoms with Gasteiger partial charge in [0, 0.05) is 12.7 Å². The normalized spacial score (nSPS) is 16.6. The Balaban J connectivity index is 2.23. The molecule has 1 aliphatic heterocycles. The highest BCUT2D eigenvalue weighted by atomic mass is 19.4. The van der Waals surface area contributed by atoms with Crippen molar-refractivity contribution in [2.24, 2.45) is 0 Å². The molecule has 0 radical (unpaired) electrons. The van der Waals surface area contributed by atoms with Gasteiger partial charge < -0.3 is 19.5 Å². The summed E-state index contributed by atoms with van der Waals surface area (Å²) in [5.74, 6) is -2.05. The molecule has 1 heterocycles. The zero-order valence-electron chi connectivity index (χ0n) is 15.5. The summed E-state index contributed by atoms with van der Waals surface area (Å²) >= 11 is 0. The second-order valence-electron chi connectivity index (χ2n) is 6.33. The molecule has 1 atom stereocenters. The highest BCUT2D eigenvalue weighted by molar-refractivity contribution is 5.91. The Kier molecular flexibility index (Phi) is 5.52. The van der Waals surface area contributed by atoms with E-state index in [0.29, 0.717) is 5.56 Å². The molecule has 0 amide bonds. The Hall–Kier alpha value is -3.07. The van der Waals surface area contributed by atoms with Crippen molar-refractivity contribution in [3.05, 3.63) is 76.4 Å². The number of benzene rings is 2. The quantitative estimate of drug-likeness (QED) is 0.735. The van der Waals surface area contributed by atoms with Crippen LogP contribution in [0.4, 0.5) is 23.2 Å². The van der Waals surface area contributed by atoms with E-state index in [1.807, 2.05) is 0 Å². The Bertz CT molecular complexity index is 971. The summed E-state index contributed by atoms with van der Waals surface area (Å²) in [4.78, 5) is 13.2. The maximum Gasteiger partial charge on any atom is 0.416 e. The highest BCUT2D eigenvalue weighted by Gasteiger charge is 2.40. The summed E-state index contributed by atoms with van der Waals surface area (Å²) in [6, 6.07) is 8.41. The van der Waals surface area contributed by atoms with Crippen LogP contribution in [0.25, 0.3) is 0 Å². The Morgan fingerprint density at radius 2 is 1.90 bits per heavy atom. The zero-order valence-corrected chi connectivity index (χ0v) is 15.5. The molecule has 29 heavy (non-hydrogen) atoms. The number of hydrogen-bond acceptors (Lipinski definition) is 4. The van der Waals surface area contributed by atoms with Gasteiger partial charge in [-0.15, -0.1) is 0 Å². The number of carbonyl (C=O) groups is 1. The number of hydrogen-bond donors (Lipinski definition) is 1. The number of ether oxygens (including phenoxy) is 2. The second-order valence-corrected chi connectivity index (χ2v) is 6.33. The van der Waals surface area contributed by atoms with Crippen LogP contribution in [0, 0.1) is 5.82 Å². The van der Waals surface area contributed by atoms with Gasteiger partial charge in [-0.05, 0) is 29.8 Å². The number of rotatable bonds is 5. The predicted octanol–water partition coefficient (Wildman–Crippen LogP) is 4.49. The molecule has 2 aromatic carbocycles. The van der Waals surface area contributed by atoms with Gasteiger partial charge in [0.15, 0.2) is 0 Å². The molecule has 0 aliphatic carbocycles. The number of anilines is 1. The van der Waals surface area contributed by atoms with Crippen molar-refractivity contribution < 1.29 is 36.9 Å². The lowest BCUT2D eigenvalue weighted by Crippen LogP contribution is -2.34. The number of aliphatic carboxylic acids is 1. The van der Waals surface area contributed by atoms with E-state index >= 15 is 0 Å². The van der Waals surface area contributed by atoms with Gasteiger partial charge in [-0.2, -0.15) is 13.2 Å². The number of carboxylic acids is 1. The average molecular weight is 411 g/mol. The Morgan fingerprint density at radius 1 is 1.17 bits per heavy atom. The van der Waals surface area contributed by atoms with Crippen molar-refractivity contribution in [2.75, 3.05) is 19.1 Å². The van der Waals surface area contributed by atoms with E-state index in [1.165, 1.54) is 43.4 Å². The SMILES string of the molecule is COC1=C(C(=O)O)C(OC)c2ccc(C(F)(F)F)cc2N1Cc1cccc(F)c1. The van der Waals surface area contributed by atoms with Crippen LogP contribution < -0.4 is 4.90 Å². The van der Waals surface area contributed by atoms with Gasteiger partial charge >= 0.3 is 12.1 Å². The second kappa shape index (κ2) is 7.75. The molecule has 1 unspecified atom stereocenters. The first-order chi connectivity index (χ1) is 13.7. The van der Waals surface area contributed by atoms with Crippen molar-refractivity contribution in [3.8, 4) is 0 Å². The molecular formula is C20H17F4NO4. The van der Waals surface area contributed by atoms with Crippen LogP contribution in [0.5, 0.6) is 0 Å². The third-order valence-electron chi connectivity index (χ3n) is 4.56. The number of methoxy groups -OCH3 is 2. The van der Waals surface area contributed by atoms with E-state index in [2.05, 4.69) is 0 Å². The molecule has 0 saturated heterocycles. The lowest BCUT2D eigenvalue weighted by Gasteiger charge is -2.37. The standard InChI is InChI=1S/C20H17F4NO4/c1-28-17-14-7-6-12(20(22,23)24)9-15(14)25(18(29-2)16(17)19(26)27)10-11-4-3-5-13(21)8-11/h3-9,17H,10H2,1-2H3,(H,26,27). The third kappa shape index (κ3) is 3.91. The van der Waals surface area contributed by atoms with Gasteiger partial charge in [0.2, 0.25) is 5.88 Å². The summed E-state index contributed by atoms with van der Waals surface area (Å²) in [6.07, 6.45) is -5.74. The van der Waals surface area contributed by atoms with Crippen LogP contribution in [0.1, 0.15) is 22.8 Å². The number of halogens is 4. The number of alkyl halides is 3. The first kappa shape index (κ1) is 20.7. The van der Waals surface area contributed by atoms with Gasteiger partial charge in [0.25, 0.3) is 0 Å². The molecule has 154 valence electrons. The van der Waals surface area contributed by atoms with Crippen LogP contribution in [0.15, 0.2) is 53.9 Å². The zero-order chi connectivity index (χ0) is 21.3. The molecule has 0 aromatic heterocycles. The van der Waals surface area contributed by atoms with E-state index in [0.717, 1.165) is 12.1 Å². The minimum Gasteiger partial charge on any atom is -0.482 e. The monoisotopic (exact) mass is 411 g/mol. The van der Waals surface area contributed by atoms with Gasteiger partial charge in [-0.3, -0.25) is 0 Å². The van der Waals surface area contributed by atoms with E-state index in [9.17, 15) is 27.5 Å². The third-order valence-corrected chi connectivity index (χ3v) is 4.56. The number of fused-ring (bicyclic) bond motifs is 1. The molecule has 5 nitrogen and oxygen atoms in total. The van der Waals surface area contributed by atoms with Crippen molar-refractivity contribution in [1.29, 1.82) is 0 Å². The first-order valence-corrected chi connectivity index (χ1v) is 8.44. The van der Waals surface area contributed by atoms with Crippen LogP contribution in [0.2, 0.25) is 0 Å². The molecular weight excluding hydrogens is 394 g/mol.